The van der Waals surface area contributed by atoms with E-state index in [0.717, 1.165) is 10.9 Å². The number of hydrogen-bond donors (Lipinski definition) is 3. The van der Waals surface area contributed by atoms with Gasteiger partial charge >= 0.3 is 0 Å². The number of H-pyrrole nitrogens is 1. The molecule has 2 aromatic rings. The Morgan fingerprint density at radius 3 is 2.74 bits per heavy atom. The van der Waals surface area contributed by atoms with Crippen molar-refractivity contribution in [2.45, 2.75) is 19.9 Å². The van der Waals surface area contributed by atoms with Crippen LogP contribution in [0.1, 0.15) is 24.3 Å². The topological polar surface area (TPSA) is 74.0 Å². The highest BCUT2D eigenvalue weighted by atomic mass is 16.2. The van der Waals surface area contributed by atoms with E-state index in [9.17, 15) is 9.59 Å². The van der Waals surface area contributed by atoms with Crippen molar-refractivity contribution in [2.24, 2.45) is 0 Å². The first kappa shape index (κ1) is 13.1. The quantitative estimate of drug-likeness (QED) is 0.777. The van der Waals surface area contributed by atoms with Gasteiger partial charge in [-0.1, -0.05) is 18.2 Å². The summed E-state index contributed by atoms with van der Waals surface area (Å²) >= 11 is 0. The maximum atomic E-state index is 12.0. The molecule has 5 heteroatoms. The van der Waals surface area contributed by atoms with Crippen LogP contribution in [0, 0.1) is 0 Å². The van der Waals surface area contributed by atoms with Crippen molar-refractivity contribution >= 4 is 22.7 Å². The van der Waals surface area contributed by atoms with E-state index in [1.54, 1.807) is 13.0 Å². The molecular weight excluding hydrogens is 242 g/mol. The van der Waals surface area contributed by atoms with Crippen molar-refractivity contribution in [1.82, 2.24) is 15.6 Å². The van der Waals surface area contributed by atoms with Crippen molar-refractivity contribution in [2.75, 3.05) is 6.54 Å². The number of aromatic nitrogens is 1. The predicted octanol–water partition coefficient (Wildman–Crippen LogP) is 1.42. The van der Waals surface area contributed by atoms with Gasteiger partial charge in [-0.05, 0) is 26.0 Å². The summed E-state index contributed by atoms with van der Waals surface area (Å²) in [5, 5.41) is 6.29. The highest BCUT2D eigenvalue weighted by Crippen LogP contribution is 2.14. The van der Waals surface area contributed by atoms with Crippen molar-refractivity contribution < 1.29 is 9.59 Å². The smallest absolute Gasteiger partial charge is 0.268 e. The van der Waals surface area contributed by atoms with Crippen molar-refractivity contribution in [3.05, 3.63) is 36.0 Å². The third kappa shape index (κ3) is 2.93. The van der Waals surface area contributed by atoms with Gasteiger partial charge in [0.2, 0.25) is 5.91 Å². The second kappa shape index (κ2) is 5.56. The largest absolute Gasteiger partial charge is 0.355 e. The second-order valence-corrected chi connectivity index (χ2v) is 4.36. The molecule has 0 aliphatic carbocycles. The Bertz CT molecular complexity index is 571. The van der Waals surface area contributed by atoms with Crippen molar-refractivity contribution in [3.8, 4) is 0 Å². The zero-order chi connectivity index (χ0) is 13.8. The van der Waals surface area contributed by atoms with Crippen LogP contribution in [0.25, 0.3) is 10.9 Å². The van der Waals surface area contributed by atoms with Gasteiger partial charge in [0.1, 0.15) is 11.7 Å². The van der Waals surface area contributed by atoms with E-state index >= 15 is 0 Å². The number of rotatable bonds is 4. The molecule has 1 unspecified atom stereocenters. The zero-order valence-electron chi connectivity index (χ0n) is 11.0. The van der Waals surface area contributed by atoms with E-state index < -0.39 is 6.04 Å². The van der Waals surface area contributed by atoms with Crippen molar-refractivity contribution in [1.29, 1.82) is 0 Å². The molecule has 0 saturated heterocycles. The molecule has 19 heavy (non-hydrogen) atoms. The monoisotopic (exact) mass is 259 g/mol. The standard InChI is InChI=1S/C14H17N3O2/c1-3-15-13(18)9(2)16-14(19)12-8-10-6-4-5-7-11(10)17-12/h4-9,17H,3H2,1-2H3,(H,15,18)(H,16,19). The summed E-state index contributed by atoms with van der Waals surface area (Å²) < 4.78 is 0. The molecule has 0 fully saturated rings. The van der Waals surface area contributed by atoms with Crippen LogP contribution >= 0.6 is 0 Å². The third-order valence-electron chi connectivity index (χ3n) is 2.87. The molecule has 2 rings (SSSR count). The van der Waals surface area contributed by atoms with E-state index in [1.807, 2.05) is 31.2 Å². The Morgan fingerprint density at radius 1 is 1.32 bits per heavy atom. The molecule has 0 aliphatic rings. The molecule has 0 aliphatic heterocycles. The second-order valence-electron chi connectivity index (χ2n) is 4.36. The Labute approximate surface area is 111 Å². The van der Waals surface area contributed by atoms with Gasteiger partial charge in [0.15, 0.2) is 0 Å². The lowest BCUT2D eigenvalue weighted by molar-refractivity contribution is -0.122. The maximum absolute atomic E-state index is 12.0. The number of amides is 2. The van der Waals surface area contributed by atoms with Crippen LogP contribution in [0.2, 0.25) is 0 Å². The van der Waals surface area contributed by atoms with Gasteiger partial charge in [0.25, 0.3) is 5.91 Å². The minimum Gasteiger partial charge on any atom is -0.355 e. The molecule has 3 N–H and O–H groups in total. The van der Waals surface area contributed by atoms with E-state index in [-0.39, 0.29) is 11.8 Å². The fourth-order valence-electron chi connectivity index (χ4n) is 1.86. The minimum absolute atomic E-state index is 0.188. The number of fused-ring (bicyclic) bond motifs is 1. The number of carbonyl (C=O) groups excluding carboxylic acids is 2. The first-order valence-corrected chi connectivity index (χ1v) is 6.28. The van der Waals surface area contributed by atoms with Gasteiger partial charge < -0.3 is 15.6 Å². The normalized spacial score (nSPS) is 12.1. The number of hydrogen-bond acceptors (Lipinski definition) is 2. The lowest BCUT2D eigenvalue weighted by atomic mass is 10.2. The molecule has 0 bridgehead atoms. The average Bonchev–Trinajstić information content (AvgIpc) is 2.82. The Kier molecular flexibility index (Phi) is 3.85. The third-order valence-corrected chi connectivity index (χ3v) is 2.87. The highest BCUT2D eigenvalue weighted by Gasteiger charge is 2.16. The Hall–Kier alpha value is -2.30. The first-order valence-electron chi connectivity index (χ1n) is 6.28. The summed E-state index contributed by atoms with van der Waals surface area (Å²) in [5.74, 6) is -0.470. The molecule has 1 aromatic heterocycles. The van der Waals surface area contributed by atoms with Crippen LogP contribution in [0.15, 0.2) is 30.3 Å². The Balaban J connectivity index is 2.09. The van der Waals surface area contributed by atoms with Crippen LogP contribution in [0.3, 0.4) is 0 Å². The van der Waals surface area contributed by atoms with Crippen LogP contribution < -0.4 is 10.6 Å². The number of likely N-dealkylation sites (N-methyl/N-ethyl adjacent to an activating group) is 1. The maximum Gasteiger partial charge on any atom is 0.268 e. The van der Waals surface area contributed by atoms with Crippen molar-refractivity contribution in [3.63, 3.8) is 0 Å². The van der Waals surface area contributed by atoms with Gasteiger partial charge in [-0.25, -0.2) is 0 Å². The molecule has 100 valence electrons. The molecule has 2 amide bonds. The van der Waals surface area contributed by atoms with Gasteiger partial charge in [-0.2, -0.15) is 0 Å². The SMILES string of the molecule is CCNC(=O)C(C)NC(=O)c1cc2ccccc2[nH]1. The fraction of sp³-hybridized carbons (Fsp3) is 0.286. The first-order chi connectivity index (χ1) is 9.11. The molecule has 5 nitrogen and oxygen atoms in total. The molecule has 1 heterocycles. The molecule has 0 saturated carbocycles. The number of carbonyl (C=O) groups is 2. The summed E-state index contributed by atoms with van der Waals surface area (Å²) in [6, 6.07) is 8.86. The van der Waals surface area contributed by atoms with E-state index in [1.165, 1.54) is 0 Å². The number of para-hydroxylation sites is 1. The van der Waals surface area contributed by atoms with E-state index in [0.29, 0.717) is 12.2 Å². The number of benzene rings is 1. The van der Waals surface area contributed by atoms with E-state index in [4.69, 9.17) is 0 Å². The molecule has 0 radical (unpaired) electrons. The summed E-state index contributed by atoms with van der Waals surface area (Å²) in [4.78, 5) is 26.6. The highest BCUT2D eigenvalue weighted by molar-refractivity contribution is 6.00. The summed E-state index contributed by atoms with van der Waals surface area (Å²) in [5.41, 5.74) is 1.36. The summed E-state index contributed by atoms with van der Waals surface area (Å²) in [6.45, 7) is 4.04. The number of nitrogens with one attached hydrogen (secondary N) is 3. The fourth-order valence-corrected chi connectivity index (χ4v) is 1.86. The lowest BCUT2D eigenvalue weighted by Gasteiger charge is -2.12. The lowest BCUT2D eigenvalue weighted by Crippen LogP contribution is -2.44. The van der Waals surface area contributed by atoms with Gasteiger partial charge in [-0.3, -0.25) is 9.59 Å². The Morgan fingerprint density at radius 2 is 2.05 bits per heavy atom. The molecular formula is C14H17N3O2. The van der Waals surface area contributed by atoms with Crippen LogP contribution in [0.5, 0.6) is 0 Å². The zero-order valence-corrected chi connectivity index (χ0v) is 11.0. The van der Waals surface area contributed by atoms with Gasteiger partial charge in [0, 0.05) is 17.4 Å². The number of aromatic amines is 1. The minimum atomic E-state index is -0.557. The van der Waals surface area contributed by atoms with Crippen LogP contribution in [-0.2, 0) is 4.79 Å². The van der Waals surface area contributed by atoms with Crippen LogP contribution in [-0.4, -0.2) is 29.4 Å². The molecule has 1 aromatic carbocycles. The molecule has 0 spiro atoms. The van der Waals surface area contributed by atoms with Gasteiger partial charge in [0.05, 0.1) is 0 Å². The molecule has 1 atom stereocenters. The van der Waals surface area contributed by atoms with Crippen LogP contribution in [0.4, 0.5) is 0 Å². The summed E-state index contributed by atoms with van der Waals surface area (Å²) in [7, 11) is 0. The predicted molar refractivity (Wildman–Crippen MR) is 73.9 cm³/mol. The summed E-state index contributed by atoms with van der Waals surface area (Å²) in [6.07, 6.45) is 0. The van der Waals surface area contributed by atoms with Gasteiger partial charge in [-0.15, -0.1) is 0 Å². The van der Waals surface area contributed by atoms with E-state index in [2.05, 4.69) is 15.6 Å². The average molecular weight is 259 g/mol.